The summed E-state index contributed by atoms with van der Waals surface area (Å²) in [7, 11) is 3.89. The highest BCUT2D eigenvalue weighted by molar-refractivity contribution is 5.94. The van der Waals surface area contributed by atoms with Crippen LogP contribution in [0.1, 0.15) is 29.3 Å². The van der Waals surface area contributed by atoms with Crippen LogP contribution in [-0.4, -0.2) is 61.9 Å². The molecule has 0 spiro atoms. The zero-order valence-electron chi connectivity index (χ0n) is 14.7. The number of carbonyl (C=O) groups is 2. The Morgan fingerprint density at radius 2 is 1.64 bits per heavy atom. The van der Waals surface area contributed by atoms with Crippen molar-refractivity contribution in [3.05, 3.63) is 35.4 Å². The van der Waals surface area contributed by atoms with E-state index in [0.717, 1.165) is 37.2 Å². The molecule has 0 heterocycles. The molecule has 0 atom stereocenters. The number of halogens is 3. The second kappa shape index (κ2) is 9.41. The highest BCUT2D eigenvalue weighted by atomic mass is 19.4. The summed E-state index contributed by atoms with van der Waals surface area (Å²) in [4.78, 5) is 27.2. The summed E-state index contributed by atoms with van der Waals surface area (Å²) in [5.41, 5.74) is -0.650. The zero-order valence-corrected chi connectivity index (χ0v) is 14.7. The fraction of sp³-hybridized carbons (Fsp3) is 0.529. The van der Waals surface area contributed by atoms with Gasteiger partial charge in [-0.25, -0.2) is 0 Å². The molecule has 8 heteroatoms. The minimum absolute atomic E-state index is 0.0810. The van der Waals surface area contributed by atoms with Gasteiger partial charge in [0.1, 0.15) is 0 Å². The van der Waals surface area contributed by atoms with Crippen molar-refractivity contribution < 1.29 is 22.8 Å². The highest BCUT2D eigenvalue weighted by Crippen LogP contribution is 2.28. The maximum absolute atomic E-state index is 12.5. The molecule has 0 fully saturated rings. The summed E-state index contributed by atoms with van der Waals surface area (Å²) in [5, 5.41) is 2.62. The van der Waals surface area contributed by atoms with Crippen LogP contribution in [0.5, 0.6) is 0 Å². The maximum Gasteiger partial charge on any atom is 0.416 e. The molecule has 25 heavy (non-hydrogen) atoms. The number of nitrogens with one attached hydrogen (secondary N) is 1. The normalized spacial score (nSPS) is 11.5. The van der Waals surface area contributed by atoms with Crippen LogP contribution in [0.2, 0.25) is 0 Å². The van der Waals surface area contributed by atoms with Gasteiger partial charge in [-0.1, -0.05) is 0 Å². The van der Waals surface area contributed by atoms with Crippen molar-refractivity contribution in [3.8, 4) is 0 Å². The number of carbonyl (C=O) groups excluding carboxylic acids is 2. The molecule has 2 amide bonds. The molecule has 0 bridgehead atoms. The standard InChI is InChI=1S/C17H24F3N3O2/c1-13(24)23(11-4-10-22(2)3)12-9-21-16(25)14-5-7-15(8-6-14)17(18,19)20/h5-8H,4,9-12H2,1-3H3,(H,21,25). The van der Waals surface area contributed by atoms with E-state index in [0.29, 0.717) is 13.1 Å². The summed E-state index contributed by atoms with van der Waals surface area (Å²) in [6.07, 6.45) is -3.61. The second-order valence-electron chi connectivity index (χ2n) is 5.99. The Hall–Kier alpha value is -2.09. The van der Waals surface area contributed by atoms with Crippen LogP contribution in [0.3, 0.4) is 0 Å². The van der Waals surface area contributed by atoms with Gasteiger partial charge in [0.2, 0.25) is 5.91 Å². The SMILES string of the molecule is CC(=O)N(CCCN(C)C)CCNC(=O)c1ccc(C(F)(F)F)cc1. The lowest BCUT2D eigenvalue weighted by atomic mass is 10.1. The highest BCUT2D eigenvalue weighted by Gasteiger charge is 2.30. The largest absolute Gasteiger partial charge is 0.416 e. The summed E-state index contributed by atoms with van der Waals surface area (Å²) >= 11 is 0. The molecule has 0 saturated carbocycles. The van der Waals surface area contributed by atoms with Crippen LogP contribution in [-0.2, 0) is 11.0 Å². The predicted molar refractivity (Wildman–Crippen MR) is 89.2 cm³/mol. The molecule has 0 aliphatic rings. The molecular weight excluding hydrogens is 335 g/mol. The second-order valence-corrected chi connectivity index (χ2v) is 5.99. The molecule has 5 nitrogen and oxygen atoms in total. The lowest BCUT2D eigenvalue weighted by molar-refractivity contribution is -0.137. The van der Waals surface area contributed by atoms with Crippen molar-refractivity contribution in [3.63, 3.8) is 0 Å². The van der Waals surface area contributed by atoms with Crippen molar-refractivity contribution in [2.75, 3.05) is 40.3 Å². The van der Waals surface area contributed by atoms with Gasteiger partial charge in [-0.15, -0.1) is 0 Å². The van der Waals surface area contributed by atoms with Gasteiger partial charge in [-0.3, -0.25) is 9.59 Å². The van der Waals surface area contributed by atoms with Gasteiger partial charge in [0.05, 0.1) is 5.56 Å². The van der Waals surface area contributed by atoms with Crippen LogP contribution in [0, 0.1) is 0 Å². The number of amides is 2. The van der Waals surface area contributed by atoms with E-state index in [1.165, 1.54) is 6.92 Å². The Balaban J connectivity index is 2.47. The lowest BCUT2D eigenvalue weighted by Gasteiger charge is -2.22. The van der Waals surface area contributed by atoms with E-state index in [9.17, 15) is 22.8 Å². The molecule has 1 aromatic carbocycles. The fourth-order valence-corrected chi connectivity index (χ4v) is 2.22. The smallest absolute Gasteiger partial charge is 0.350 e. The van der Waals surface area contributed by atoms with E-state index in [4.69, 9.17) is 0 Å². The molecule has 1 rings (SSSR count). The van der Waals surface area contributed by atoms with Crippen LogP contribution >= 0.6 is 0 Å². The third-order valence-corrected chi connectivity index (χ3v) is 3.62. The first-order valence-electron chi connectivity index (χ1n) is 7.97. The first-order chi connectivity index (χ1) is 11.6. The third-order valence-electron chi connectivity index (χ3n) is 3.62. The van der Waals surface area contributed by atoms with E-state index in [2.05, 4.69) is 5.32 Å². The molecule has 0 saturated heterocycles. The lowest BCUT2D eigenvalue weighted by Crippen LogP contribution is -2.38. The Morgan fingerprint density at radius 1 is 1.04 bits per heavy atom. The molecule has 1 N–H and O–H groups in total. The minimum atomic E-state index is -4.43. The van der Waals surface area contributed by atoms with Gasteiger partial charge in [0.25, 0.3) is 5.91 Å². The molecule has 140 valence electrons. The van der Waals surface area contributed by atoms with Crippen molar-refractivity contribution in [2.24, 2.45) is 0 Å². The topological polar surface area (TPSA) is 52.7 Å². The van der Waals surface area contributed by atoms with E-state index < -0.39 is 17.6 Å². The van der Waals surface area contributed by atoms with E-state index in [-0.39, 0.29) is 18.0 Å². The molecule has 0 aromatic heterocycles. The average molecular weight is 359 g/mol. The van der Waals surface area contributed by atoms with Gasteiger partial charge in [-0.2, -0.15) is 13.2 Å². The summed E-state index contributed by atoms with van der Waals surface area (Å²) in [6, 6.07) is 4.02. The molecular formula is C17H24F3N3O2. The monoisotopic (exact) mass is 359 g/mol. The third kappa shape index (κ3) is 7.55. The van der Waals surface area contributed by atoms with Gasteiger partial charge < -0.3 is 15.1 Å². The van der Waals surface area contributed by atoms with Gasteiger partial charge in [0.15, 0.2) is 0 Å². The van der Waals surface area contributed by atoms with Crippen LogP contribution in [0.15, 0.2) is 24.3 Å². The summed E-state index contributed by atoms with van der Waals surface area (Å²) < 4.78 is 37.5. The Kier molecular flexibility index (Phi) is 7.89. The summed E-state index contributed by atoms with van der Waals surface area (Å²) in [6.45, 7) is 3.50. The first kappa shape index (κ1) is 21.0. The molecule has 0 radical (unpaired) electrons. The Labute approximate surface area is 145 Å². The quantitative estimate of drug-likeness (QED) is 0.775. The van der Waals surface area contributed by atoms with Crippen molar-refractivity contribution in [1.82, 2.24) is 15.1 Å². The van der Waals surface area contributed by atoms with Gasteiger partial charge >= 0.3 is 6.18 Å². The number of hydrogen-bond acceptors (Lipinski definition) is 3. The fourth-order valence-electron chi connectivity index (χ4n) is 2.22. The predicted octanol–water partition coefficient (Wildman–Crippen LogP) is 2.24. The zero-order chi connectivity index (χ0) is 19.0. The van der Waals surface area contributed by atoms with Crippen LogP contribution in [0.25, 0.3) is 0 Å². The van der Waals surface area contributed by atoms with E-state index >= 15 is 0 Å². The maximum atomic E-state index is 12.5. The number of alkyl halides is 3. The van der Waals surface area contributed by atoms with Crippen molar-refractivity contribution in [1.29, 1.82) is 0 Å². The number of hydrogen-bond donors (Lipinski definition) is 1. The first-order valence-corrected chi connectivity index (χ1v) is 7.97. The minimum Gasteiger partial charge on any atom is -0.350 e. The van der Waals surface area contributed by atoms with Crippen molar-refractivity contribution in [2.45, 2.75) is 19.5 Å². The van der Waals surface area contributed by atoms with E-state index in [1.54, 1.807) is 4.90 Å². The molecule has 0 unspecified atom stereocenters. The number of benzene rings is 1. The number of rotatable bonds is 8. The summed E-state index contributed by atoms with van der Waals surface area (Å²) in [5.74, 6) is -0.548. The molecule has 0 aliphatic carbocycles. The van der Waals surface area contributed by atoms with Gasteiger partial charge in [0, 0.05) is 32.1 Å². The Morgan fingerprint density at radius 3 is 2.12 bits per heavy atom. The molecule has 1 aromatic rings. The van der Waals surface area contributed by atoms with E-state index in [1.807, 2.05) is 19.0 Å². The number of nitrogens with zero attached hydrogens (tertiary/aromatic N) is 2. The van der Waals surface area contributed by atoms with Crippen LogP contribution < -0.4 is 5.32 Å². The molecule has 0 aliphatic heterocycles. The average Bonchev–Trinajstić information content (AvgIpc) is 2.52. The van der Waals surface area contributed by atoms with Crippen LogP contribution in [0.4, 0.5) is 13.2 Å². The van der Waals surface area contributed by atoms with Gasteiger partial charge in [-0.05, 0) is 51.3 Å². The Bertz CT molecular complexity index is 571. The van der Waals surface area contributed by atoms with Crippen molar-refractivity contribution >= 4 is 11.8 Å².